The lowest BCUT2D eigenvalue weighted by atomic mass is 10.3. The van der Waals surface area contributed by atoms with Crippen LogP contribution in [0.25, 0.3) is 0 Å². The maximum atomic E-state index is 12.0. The highest BCUT2D eigenvalue weighted by Crippen LogP contribution is 2.22. The maximum Gasteiger partial charge on any atom is 0.242 e. The summed E-state index contributed by atoms with van der Waals surface area (Å²) in [6.07, 6.45) is 0. The van der Waals surface area contributed by atoms with Gasteiger partial charge in [-0.05, 0) is 31.8 Å². The molecular weight excluding hydrogens is 318 g/mol. The Bertz CT molecular complexity index is 505. The van der Waals surface area contributed by atoms with Crippen molar-refractivity contribution >= 4 is 31.6 Å². The monoisotopic (exact) mass is 335 g/mol. The van der Waals surface area contributed by atoms with Crippen LogP contribution in [0.15, 0.2) is 27.6 Å². The van der Waals surface area contributed by atoms with Crippen LogP contribution in [0.3, 0.4) is 0 Å². The normalized spacial score (nSPS) is 12.0. The number of likely N-dealkylation sites (N-methyl/N-ethyl adjacent to an activating group) is 1. The van der Waals surface area contributed by atoms with Gasteiger partial charge in [-0.1, -0.05) is 22.9 Å². The lowest BCUT2D eigenvalue weighted by Crippen LogP contribution is -2.33. The van der Waals surface area contributed by atoms with Gasteiger partial charge in [0.25, 0.3) is 0 Å². The number of nitrogens with two attached hydrogens (primary N) is 1. The van der Waals surface area contributed by atoms with E-state index in [4.69, 9.17) is 5.73 Å². The van der Waals surface area contributed by atoms with Gasteiger partial charge in [0.2, 0.25) is 10.0 Å². The SMILES string of the molecule is CCN(C)CCNS(=O)(=O)c1cc(Br)ccc1N. The van der Waals surface area contributed by atoms with E-state index in [1.54, 1.807) is 12.1 Å². The second-order valence-corrected chi connectivity index (χ2v) is 6.63. The van der Waals surface area contributed by atoms with Crippen LogP contribution in [0.4, 0.5) is 5.69 Å². The van der Waals surface area contributed by atoms with Crippen LogP contribution in [-0.4, -0.2) is 40.0 Å². The number of nitrogens with zero attached hydrogens (tertiary/aromatic N) is 1. The Morgan fingerprint density at radius 3 is 2.72 bits per heavy atom. The van der Waals surface area contributed by atoms with E-state index in [2.05, 4.69) is 20.7 Å². The quantitative estimate of drug-likeness (QED) is 0.767. The molecule has 0 unspecified atom stereocenters. The first-order chi connectivity index (χ1) is 8.36. The highest BCUT2D eigenvalue weighted by atomic mass is 79.9. The van der Waals surface area contributed by atoms with E-state index in [0.717, 1.165) is 6.54 Å². The van der Waals surface area contributed by atoms with E-state index in [1.165, 1.54) is 6.07 Å². The molecule has 0 aliphatic heterocycles. The molecule has 0 fully saturated rings. The van der Waals surface area contributed by atoms with Crippen molar-refractivity contribution in [2.75, 3.05) is 32.4 Å². The molecule has 0 saturated carbocycles. The predicted octanol–water partition coefficient (Wildman–Crippen LogP) is 1.26. The fourth-order valence-corrected chi connectivity index (χ4v) is 3.04. The van der Waals surface area contributed by atoms with Gasteiger partial charge >= 0.3 is 0 Å². The number of halogens is 1. The molecule has 0 bridgehead atoms. The van der Waals surface area contributed by atoms with Crippen LogP contribution >= 0.6 is 15.9 Å². The predicted molar refractivity (Wildman–Crippen MR) is 76.9 cm³/mol. The molecule has 1 rings (SSSR count). The molecular formula is C11H18BrN3O2S. The lowest BCUT2D eigenvalue weighted by Gasteiger charge is -2.14. The molecule has 0 heterocycles. The van der Waals surface area contributed by atoms with Gasteiger partial charge in [-0.2, -0.15) is 0 Å². The summed E-state index contributed by atoms with van der Waals surface area (Å²) in [6.45, 7) is 3.91. The van der Waals surface area contributed by atoms with Crippen molar-refractivity contribution < 1.29 is 8.42 Å². The highest BCUT2D eigenvalue weighted by Gasteiger charge is 2.17. The molecule has 0 aromatic heterocycles. The summed E-state index contributed by atoms with van der Waals surface area (Å²) in [5.41, 5.74) is 5.93. The minimum atomic E-state index is -3.55. The van der Waals surface area contributed by atoms with Crippen LogP contribution in [0.5, 0.6) is 0 Å². The fourth-order valence-electron chi connectivity index (χ4n) is 1.35. The highest BCUT2D eigenvalue weighted by molar-refractivity contribution is 9.10. The van der Waals surface area contributed by atoms with Crippen LogP contribution in [0, 0.1) is 0 Å². The van der Waals surface area contributed by atoms with Gasteiger partial charge in [0.05, 0.1) is 5.69 Å². The summed E-state index contributed by atoms with van der Waals surface area (Å²) in [5.74, 6) is 0. The first-order valence-corrected chi connectivity index (χ1v) is 7.87. The topological polar surface area (TPSA) is 75.4 Å². The Hall–Kier alpha value is -0.630. The smallest absolute Gasteiger partial charge is 0.242 e. The van der Waals surface area contributed by atoms with Gasteiger partial charge < -0.3 is 10.6 Å². The average Bonchev–Trinajstić information content (AvgIpc) is 2.31. The Kier molecular flexibility index (Phi) is 5.58. The van der Waals surface area contributed by atoms with Crippen molar-refractivity contribution in [1.82, 2.24) is 9.62 Å². The fraction of sp³-hybridized carbons (Fsp3) is 0.455. The summed E-state index contributed by atoms with van der Waals surface area (Å²) in [7, 11) is -1.62. The summed E-state index contributed by atoms with van der Waals surface area (Å²) in [6, 6.07) is 4.78. The van der Waals surface area contributed by atoms with Gasteiger partial charge in [0.15, 0.2) is 0 Å². The van der Waals surface area contributed by atoms with Crippen LogP contribution < -0.4 is 10.5 Å². The van der Waals surface area contributed by atoms with Gasteiger partial charge in [-0.25, -0.2) is 13.1 Å². The zero-order valence-corrected chi connectivity index (χ0v) is 12.9. The number of rotatable bonds is 6. The van der Waals surface area contributed by atoms with Crippen molar-refractivity contribution in [1.29, 1.82) is 0 Å². The lowest BCUT2D eigenvalue weighted by molar-refractivity contribution is 0.358. The molecule has 0 spiro atoms. The molecule has 0 aliphatic carbocycles. The molecule has 0 saturated heterocycles. The number of nitrogen functional groups attached to an aromatic ring is 1. The molecule has 0 atom stereocenters. The molecule has 7 heteroatoms. The number of sulfonamides is 1. The van der Waals surface area contributed by atoms with Crippen molar-refractivity contribution in [2.24, 2.45) is 0 Å². The van der Waals surface area contributed by atoms with Crippen molar-refractivity contribution in [3.63, 3.8) is 0 Å². The second-order valence-electron chi connectivity index (χ2n) is 3.98. The van der Waals surface area contributed by atoms with Gasteiger partial charge in [0, 0.05) is 17.6 Å². The summed E-state index contributed by atoms with van der Waals surface area (Å²) >= 11 is 3.24. The zero-order chi connectivity index (χ0) is 13.8. The molecule has 18 heavy (non-hydrogen) atoms. The third-order valence-electron chi connectivity index (χ3n) is 2.59. The van der Waals surface area contributed by atoms with Gasteiger partial charge in [-0.15, -0.1) is 0 Å². The molecule has 3 N–H and O–H groups in total. The van der Waals surface area contributed by atoms with Crippen LogP contribution in [0.1, 0.15) is 6.92 Å². The molecule has 1 aromatic rings. The number of benzene rings is 1. The van der Waals surface area contributed by atoms with Crippen molar-refractivity contribution in [3.05, 3.63) is 22.7 Å². The first kappa shape index (κ1) is 15.4. The summed E-state index contributed by atoms with van der Waals surface area (Å²) in [5, 5.41) is 0. The van der Waals surface area contributed by atoms with E-state index in [-0.39, 0.29) is 10.6 Å². The molecule has 0 amide bonds. The van der Waals surface area contributed by atoms with Gasteiger partial charge in [-0.3, -0.25) is 0 Å². The maximum absolute atomic E-state index is 12.0. The van der Waals surface area contributed by atoms with E-state index in [0.29, 0.717) is 17.6 Å². The third-order valence-corrected chi connectivity index (χ3v) is 4.60. The Morgan fingerprint density at radius 2 is 2.11 bits per heavy atom. The van der Waals surface area contributed by atoms with Crippen LogP contribution in [0.2, 0.25) is 0 Å². The number of nitrogens with one attached hydrogen (secondary N) is 1. The molecule has 0 aliphatic rings. The average molecular weight is 336 g/mol. The molecule has 0 radical (unpaired) electrons. The number of hydrogen-bond donors (Lipinski definition) is 2. The zero-order valence-electron chi connectivity index (χ0n) is 10.5. The molecule has 5 nitrogen and oxygen atoms in total. The first-order valence-electron chi connectivity index (χ1n) is 5.60. The van der Waals surface area contributed by atoms with E-state index in [1.807, 2.05) is 18.9 Å². The standard InChI is InChI=1S/C11H18BrN3O2S/c1-3-15(2)7-6-14-18(16,17)11-8-9(12)4-5-10(11)13/h4-5,8,14H,3,6-7,13H2,1-2H3. The number of anilines is 1. The number of hydrogen-bond acceptors (Lipinski definition) is 4. The Morgan fingerprint density at radius 1 is 1.44 bits per heavy atom. The van der Waals surface area contributed by atoms with Gasteiger partial charge in [0.1, 0.15) is 4.90 Å². The van der Waals surface area contributed by atoms with Crippen molar-refractivity contribution in [3.8, 4) is 0 Å². The van der Waals surface area contributed by atoms with Crippen molar-refractivity contribution in [2.45, 2.75) is 11.8 Å². The Labute approximate surface area is 117 Å². The molecule has 1 aromatic carbocycles. The van der Waals surface area contributed by atoms with E-state index >= 15 is 0 Å². The Balaban J connectivity index is 2.77. The largest absolute Gasteiger partial charge is 0.398 e. The summed E-state index contributed by atoms with van der Waals surface area (Å²) in [4.78, 5) is 2.13. The molecule has 102 valence electrons. The second kappa shape index (κ2) is 6.51. The summed E-state index contributed by atoms with van der Waals surface area (Å²) < 4.78 is 27.3. The minimum Gasteiger partial charge on any atom is -0.398 e. The minimum absolute atomic E-state index is 0.107. The van der Waals surface area contributed by atoms with E-state index < -0.39 is 10.0 Å². The van der Waals surface area contributed by atoms with E-state index in [9.17, 15) is 8.42 Å². The third kappa shape index (κ3) is 4.24. The van der Waals surface area contributed by atoms with Crippen LogP contribution in [-0.2, 0) is 10.0 Å².